The minimum Gasteiger partial charge on any atom is -0.303 e. The summed E-state index contributed by atoms with van der Waals surface area (Å²) in [4.78, 5) is 15.3. The molecule has 2 rings (SSSR count). The number of carbonyl (C=O) groups excluding carboxylic acids is 1. The van der Waals surface area contributed by atoms with Crippen LogP contribution in [-0.4, -0.2) is 15.7 Å². The fourth-order valence-electron chi connectivity index (χ4n) is 1.89. The second-order valence-electron chi connectivity index (χ2n) is 3.69. The van der Waals surface area contributed by atoms with Gasteiger partial charge in [-0.25, -0.2) is 4.98 Å². The number of imidazole rings is 1. The van der Waals surface area contributed by atoms with E-state index in [1.165, 1.54) is 0 Å². The van der Waals surface area contributed by atoms with E-state index < -0.39 is 0 Å². The van der Waals surface area contributed by atoms with E-state index in [1.54, 1.807) is 0 Å². The van der Waals surface area contributed by atoms with Gasteiger partial charge in [0.1, 0.15) is 11.5 Å². The zero-order chi connectivity index (χ0) is 10.8. The van der Waals surface area contributed by atoms with Crippen LogP contribution < -0.4 is 0 Å². The summed E-state index contributed by atoms with van der Waals surface area (Å²) in [5.41, 5.74) is 2.59. The summed E-state index contributed by atoms with van der Waals surface area (Å²) in [6, 6.07) is 3.98. The minimum atomic E-state index is 0.552. The molecule has 0 unspecified atom stereocenters. The summed E-state index contributed by atoms with van der Waals surface area (Å²) in [6.45, 7) is 4.11. The van der Waals surface area contributed by atoms with E-state index in [2.05, 4.69) is 11.9 Å². The molecular weight excluding hydrogens is 188 g/mol. The van der Waals surface area contributed by atoms with Crippen molar-refractivity contribution in [2.24, 2.45) is 0 Å². The molecule has 0 saturated heterocycles. The number of hydrogen-bond donors (Lipinski definition) is 0. The van der Waals surface area contributed by atoms with Gasteiger partial charge in [-0.3, -0.25) is 4.79 Å². The number of aldehydes is 1. The lowest BCUT2D eigenvalue weighted by Crippen LogP contribution is -1.94. The number of pyridine rings is 1. The summed E-state index contributed by atoms with van der Waals surface area (Å²) in [7, 11) is 0. The molecule has 0 bridgehead atoms. The molecular formula is C12H14N2O. The molecule has 0 aliphatic heterocycles. The summed E-state index contributed by atoms with van der Waals surface area (Å²) < 4.78 is 2.02. The molecule has 3 heteroatoms. The maximum absolute atomic E-state index is 10.9. The molecule has 0 fully saturated rings. The van der Waals surface area contributed by atoms with Gasteiger partial charge >= 0.3 is 0 Å². The molecule has 0 aliphatic rings. The van der Waals surface area contributed by atoms with Crippen molar-refractivity contribution in [2.75, 3.05) is 0 Å². The second-order valence-corrected chi connectivity index (χ2v) is 3.69. The average Bonchev–Trinajstić information content (AvgIpc) is 2.59. The van der Waals surface area contributed by atoms with Gasteiger partial charge in [0, 0.05) is 12.6 Å². The molecule has 0 aromatic carbocycles. The Morgan fingerprint density at radius 3 is 3.00 bits per heavy atom. The van der Waals surface area contributed by atoms with Crippen LogP contribution in [0.2, 0.25) is 0 Å². The highest BCUT2D eigenvalue weighted by molar-refractivity contribution is 5.85. The van der Waals surface area contributed by atoms with Crippen LogP contribution in [0.25, 0.3) is 5.52 Å². The predicted molar refractivity (Wildman–Crippen MR) is 59.3 cm³/mol. The fourth-order valence-corrected chi connectivity index (χ4v) is 1.89. The van der Waals surface area contributed by atoms with E-state index in [-0.39, 0.29) is 0 Å². The van der Waals surface area contributed by atoms with Gasteiger partial charge in [-0.15, -0.1) is 0 Å². The maximum atomic E-state index is 10.9. The average molecular weight is 202 g/mol. The lowest BCUT2D eigenvalue weighted by molar-refractivity contribution is 0.112. The first kappa shape index (κ1) is 9.90. The third-order valence-electron chi connectivity index (χ3n) is 2.55. The summed E-state index contributed by atoms with van der Waals surface area (Å²) >= 11 is 0. The van der Waals surface area contributed by atoms with E-state index >= 15 is 0 Å². The molecule has 0 amide bonds. The van der Waals surface area contributed by atoms with Crippen molar-refractivity contribution >= 4 is 11.8 Å². The monoisotopic (exact) mass is 202 g/mol. The van der Waals surface area contributed by atoms with Crippen molar-refractivity contribution in [1.82, 2.24) is 9.38 Å². The standard InChI is InChI=1S/C12H14N2O/c1-3-5-11-13-10(8-15)12-9(2)6-4-7-14(11)12/h4,6-8H,3,5H2,1-2H3. The van der Waals surface area contributed by atoms with Crippen LogP contribution in [0.3, 0.4) is 0 Å². The largest absolute Gasteiger partial charge is 0.303 e. The van der Waals surface area contributed by atoms with Crippen molar-refractivity contribution in [2.45, 2.75) is 26.7 Å². The van der Waals surface area contributed by atoms with E-state index in [0.29, 0.717) is 5.69 Å². The Morgan fingerprint density at radius 2 is 2.33 bits per heavy atom. The Morgan fingerprint density at radius 1 is 1.53 bits per heavy atom. The molecule has 0 N–H and O–H groups in total. The smallest absolute Gasteiger partial charge is 0.170 e. The predicted octanol–water partition coefficient (Wildman–Crippen LogP) is 2.41. The van der Waals surface area contributed by atoms with Crippen LogP contribution in [0.15, 0.2) is 18.3 Å². The van der Waals surface area contributed by atoms with Gasteiger partial charge < -0.3 is 4.40 Å². The van der Waals surface area contributed by atoms with Gasteiger partial charge in [0.2, 0.25) is 0 Å². The van der Waals surface area contributed by atoms with E-state index in [4.69, 9.17) is 0 Å². The van der Waals surface area contributed by atoms with Crippen LogP contribution in [0.1, 0.15) is 35.2 Å². The highest BCUT2D eigenvalue weighted by Gasteiger charge is 2.10. The zero-order valence-corrected chi connectivity index (χ0v) is 9.03. The molecule has 15 heavy (non-hydrogen) atoms. The first-order chi connectivity index (χ1) is 7.27. The molecule has 0 atom stereocenters. The maximum Gasteiger partial charge on any atom is 0.170 e. The van der Waals surface area contributed by atoms with Crippen molar-refractivity contribution in [3.05, 3.63) is 35.4 Å². The van der Waals surface area contributed by atoms with Crippen LogP contribution in [0, 0.1) is 6.92 Å². The normalized spacial score (nSPS) is 10.8. The molecule has 2 heterocycles. The molecule has 0 spiro atoms. The summed E-state index contributed by atoms with van der Waals surface area (Å²) in [6.07, 6.45) is 4.73. The van der Waals surface area contributed by atoms with E-state index in [1.807, 2.05) is 29.7 Å². The van der Waals surface area contributed by atoms with Crippen molar-refractivity contribution < 1.29 is 4.79 Å². The lowest BCUT2D eigenvalue weighted by atomic mass is 10.2. The van der Waals surface area contributed by atoms with Crippen LogP contribution in [0.4, 0.5) is 0 Å². The van der Waals surface area contributed by atoms with Crippen LogP contribution in [-0.2, 0) is 6.42 Å². The van der Waals surface area contributed by atoms with Gasteiger partial charge in [0.15, 0.2) is 6.29 Å². The third-order valence-corrected chi connectivity index (χ3v) is 2.55. The Bertz CT molecular complexity index is 500. The Balaban J connectivity index is 2.75. The first-order valence-corrected chi connectivity index (χ1v) is 5.19. The number of nitrogens with zero attached hydrogens (tertiary/aromatic N) is 2. The van der Waals surface area contributed by atoms with Crippen molar-refractivity contribution in [1.29, 1.82) is 0 Å². The molecule has 0 radical (unpaired) electrons. The first-order valence-electron chi connectivity index (χ1n) is 5.19. The molecule has 2 aromatic heterocycles. The quantitative estimate of drug-likeness (QED) is 0.716. The highest BCUT2D eigenvalue weighted by Crippen LogP contribution is 2.16. The number of aromatic nitrogens is 2. The van der Waals surface area contributed by atoms with Gasteiger partial charge in [-0.05, 0) is 25.0 Å². The van der Waals surface area contributed by atoms with Crippen LogP contribution in [0.5, 0.6) is 0 Å². The molecule has 0 saturated carbocycles. The second kappa shape index (κ2) is 3.85. The summed E-state index contributed by atoms with van der Waals surface area (Å²) in [5.74, 6) is 0.971. The summed E-state index contributed by atoms with van der Waals surface area (Å²) in [5, 5.41) is 0. The Kier molecular flexibility index (Phi) is 2.54. The topological polar surface area (TPSA) is 34.4 Å². The SMILES string of the molecule is CCCc1nc(C=O)c2c(C)cccn12. The molecule has 0 aliphatic carbocycles. The highest BCUT2D eigenvalue weighted by atomic mass is 16.1. The van der Waals surface area contributed by atoms with Gasteiger partial charge in [0.05, 0.1) is 5.52 Å². The molecule has 78 valence electrons. The van der Waals surface area contributed by atoms with Crippen LogP contribution >= 0.6 is 0 Å². The van der Waals surface area contributed by atoms with E-state index in [9.17, 15) is 4.79 Å². The molecule has 2 aromatic rings. The van der Waals surface area contributed by atoms with Crippen molar-refractivity contribution in [3.63, 3.8) is 0 Å². The number of hydrogen-bond acceptors (Lipinski definition) is 2. The van der Waals surface area contributed by atoms with Gasteiger partial charge in [0.25, 0.3) is 0 Å². The van der Waals surface area contributed by atoms with E-state index in [0.717, 1.165) is 36.0 Å². The Labute approximate surface area is 88.8 Å². The number of aryl methyl sites for hydroxylation is 2. The van der Waals surface area contributed by atoms with Crippen molar-refractivity contribution in [3.8, 4) is 0 Å². The lowest BCUT2D eigenvalue weighted by Gasteiger charge is -2.00. The Hall–Kier alpha value is -1.64. The van der Waals surface area contributed by atoms with Gasteiger partial charge in [-0.1, -0.05) is 13.0 Å². The number of fused-ring (bicyclic) bond motifs is 1. The number of rotatable bonds is 3. The third kappa shape index (κ3) is 1.54. The number of carbonyl (C=O) groups is 1. The fraction of sp³-hybridized carbons (Fsp3) is 0.333. The van der Waals surface area contributed by atoms with Gasteiger partial charge in [-0.2, -0.15) is 0 Å². The minimum absolute atomic E-state index is 0.552. The molecule has 3 nitrogen and oxygen atoms in total. The zero-order valence-electron chi connectivity index (χ0n) is 9.03.